The van der Waals surface area contributed by atoms with Gasteiger partial charge in [0.1, 0.15) is 17.5 Å². The van der Waals surface area contributed by atoms with E-state index >= 15 is 0 Å². The molecule has 1 aromatic rings. The molecule has 1 aromatic heterocycles. The molecule has 1 saturated heterocycles. The van der Waals surface area contributed by atoms with Gasteiger partial charge in [-0.05, 0) is 20.8 Å². The van der Waals surface area contributed by atoms with E-state index in [0.29, 0.717) is 19.2 Å². The molecule has 2 rings (SSSR count). The highest BCUT2D eigenvalue weighted by Gasteiger charge is 2.21. The van der Waals surface area contributed by atoms with Crippen LogP contribution in [-0.4, -0.2) is 53.5 Å². The molecule has 0 aliphatic carbocycles. The Balaban J connectivity index is 2.16. The van der Waals surface area contributed by atoms with Crippen LogP contribution in [0.1, 0.15) is 19.7 Å². The lowest BCUT2D eigenvalue weighted by Gasteiger charge is -2.33. The first kappa shape index (κ1) is 14.0. The van der Waals surface area contributed by atoms with Gasteiger partial charge >= 0.3 is 0 Å². The molecule has 19 heavy (non-hydrogen) atoms. The molecule has 106 valence electrons. The maximum Gasteiger partial charge on any atom is 0.134 e. The second kappa shape index (κ2) is 6.16. The molecule has 0 spiro atoms. The summed E-state index contributed by atoms with van der Waals surface area (Å²) >= 11 is 0. The highest BCUT2D eigenvalue weighted by atomic mass is 16.5. The minimum Gasteiger partial charge on any atom is -0.394 e. The van der Waals surface area contributed by atoms with Crippen LogP contribution in [0.25, 0.3) is 0 Å². The van der Waals surface area contributed by atoms with Crippen LogP contribution < -0.4 is 10.2 Å². The van der Waals surface area contributed by atoms with Gasteiger partial charge in [0.15, 0.2) is 0 Å². The summed E-state index contributed by atoms with van der Waals surface area (Å²) in [5.41, 5.74) is 0. The summed E-state index contributed by atoms with van der Waals surface area (Å²) in [5.74, 6) is 2.47. The Hall–Kier alpha value is -1.40. The van der Waals surface area contributed by atoms with Crippen LogP contribution in [0.15, 0.2) is 6.07 Å². The third kappa shape index (κ3) is 3.78. The maximum absolute atomic E-state index is 9.19. The molecule has 1 atom stereocenters. The molecule has 0 aromatic carbocycles. The Morgan fingerprint density at radius 3 is 3.00 bits per heavy atom. The predicted molar refractivity (Wildman–Crippen MR) is 74.6 cm³/mol. The molecule has 1 unspecified atom stereocenters. The van der Waals surface area contributed by atoms with E-state index in [2.05, 4.69) is 34.0 Å². The van der Waals surface area contributed by atoms with Gasteiger partial charge in [-0.25, -0.2) is 9.97 Å². The zero-order valence-electron chi connectivity index (χ0n) is 11.8. The van der Waals surface area contributed by atoms with Gasteiger partial charge in [0.05, 0.1) is 19.3 Å². The Morgan fingerprint density at radius 2 is 2.32 bits per heavy atom. The Kier molecular flexibility index (Phi) is 4.55. The van der Waals surface area contributed by atoms with Gasteiger partial charge in [-0.1, -0.05) is 0 Å². The fourth-order valence-electron chi connectivity index (χ4n) is 2.12. The molecule has 2 heterocycles. The molecule has 1 fully saturated rings. The van der Waals surface area contributed by atoms with E-state index in [1.807, 2.05) is 13.0 Å². The van der Waals surface area contributed by atoms with Crippen molar-refractivity contribution in [2.45, 2.75) is 32.9 Å². The zero-order valence-corrected chi connectivity index (χ0v) is 11.8. The topological polar surface area (TPSA) is 70.5 Å². The van der Waals surface area contributed by atoms with Gasteiger partial charge in [-0.3, -0.25) is 0 Å². The highest BCUT2D eigenvalue weighted by Crippen LogP contribution is 2.19. The van der Waals surface area contributed by atoms with Crippen molar-refractivity contribution < 1.29 is 9.84 Å². The largest absolute Gasteiger partial charge is 0.394 e. The minimum atomic E-state index is -0.134. The monoisotopic (exact) mass is 266 g/mol. The third-order valence-electron chi connectivity index (χ3n) is 2.93. The van der Waals surface area contributed by atoms with Gasteiger partial charge in [-0.2, -0.15) is 0 Å². The fraction of sp³-hybridized carbons (Fsp3) is 0.692. The number of aliphatic hydroxyl groups excluding tert-OH is 1. The number of nitrogens with one attached hydrogen (secondary N) is 1. The lowest BCUT2D eigenvalue weighted by molar-refractivity contribution is 0.00335. The number of anilines is 2. The van der Waals surface area contributed by atoms with Gasteiger partial charge in [0.25, 0.3) is 0 Å². The first-order valence-electron chi connectivity index (χ1n) is 6.68. The first-order valence-corrected chi connectivity index (χ1v) is 6.68. The summed E-state index contributed by atoms with van der Waals surface area (Å²) in [4.78, 5) is 11.0. The van der Waals surface area contributed by atoms with E-state index in [9.17, 15) is 5.11 Å². The molecule has 0 amide bonds. The summed E-state index contributed by atoms with van der Waals surface area (Å²) < 4.78 is 5.45. The molecule has 1 aliphatic heterocycles. The lowest BCUT2D eigenvalue weighted by Crippen LogP contribution is -2.44. The third-order valence-corrected chi connectivity index (χ3v) is 2.93. The summed E-state index contributed by atoms with van der Waals surface area (Å²) in [6, 6.07) is 2.28. The molecule has 6 heteroatoms. The van der Waals surface area contributed by atoms with Crippen molar-refractivity contribution in [1.29, 1.82) is 0 Å². The van der Waals surface area contributed by atoms with Crippen LogP contribution in [0.2, 0.25) is 0 Å². The van der Waals surface area contributed by atoms with Gasteiger partial charge in [0.2, 0.25) is 0 Å². The van der Waals surface area contributed by atoms with Crippen molar-refractivity contribution in [3.63, 3.8) is 0 Å². The van der Waals surface area contributed by atoms with E-state index in [-0.39, 0.29) is 12.7 Å². The van der Waals surface area contributed by atoms with Crippen LogP contribution in [0.3, 0.4) is 0 Å². The molecular formula is C13H22N4O2. The quantitative estimate of drug-likeness (QED) is 0.840. The summed E-state index contributed by atoms with van der Waals surface area (Å²) in [6.07, 6.45) is -0.134. The molecule has 6 nitrogen and oxygen atoms in total. The lowest BCUT2D eigenvalue weighted by atomic mass is 10.3. The molecular weight excluding hydrogens is 244 g/mol. The van der Waals surface area contributed by atoms with Crippen molar-refractivity contribution in [2.24, 2.45) is 0 Å². The van der Waals surface area contributed by atoms with Crippen LogP contribution in [-0.2, 0) is 4.74 Å². The molecule has 1 aliphatic rings. The standard InChI is InChI=1S/C13H22N4O2/c1-9(2)14-12-6-13(16-10(3)15-12)17-4-5-19-11(7-17)8-18/h6,9,11,18H,4-5,7-8H2,1-3H3,(H,14,15,16). The second-order valence-corrected chi connectivity index (χ2v) is 5.08. The van der Waals surface area contributed by atoms with E-state index < -0.39 is 0 Å². The Bertz CT molecular complexity index is 425. The summed E-state index contributed by atoms with van der Waals surface area (Å²) in [7, 11) is 0. The summed E-state index contributed by atoms with van der Waals surface area (Å²) in [6.45, 7) is 8.14. The zero-order chi connectivity index (χ0) is 13.8. The van der Waals surface area contributed by atoms with Gasteiger partial charge in [-0.15, -0.1) is 0 Å². The van der Waals surface area contributed by atoms with E-state index in [1.54, 1.807) is 0 Å². The number of morpholine rings is 1. The average molecular weight is 266 g/mol. The van der Waals surface area contributed by atoms with Crippen LogP contribution in [0, 0.1) is 6.92 Å². The van der Waals surface area contributed by atoms with Crippen molar-refractivity contribution in [1.82, 2.24) is 9.97 Å². The van der Waals surface area contributed by atoms with E-state index in [4.69, 9.17) is 4.74 Å². The number of hydrogen-bond acceptors (Lipinski definition) is 6. The van der Waals surface area contributed by atoms with Crippen LogP contribution >= 0.6 is 0 Å². The first-order chi connectivity index (χ1) is 9.08. The number of hydrogen-bond donors (Lipinski definition) is 2. The Morgan fingerprint density at radius 1 is 1.53 bits per heavy atom. The number of aliphatic hydroxyl groups is 1. The summed E-state index contributed by atoms with van der Waals surface area (Å²) in [5, 5.41) is 12.5. The molecule has 0 bridgehead atoms. The number of ether oxygens (including phenoxy) is 1. The average Bonchev–Trinajstić information content (AvgIpc) is 2.37. The van der Waals surface area contributed by atoms with E-state index in [0.717, 1.165) is 24.0 Å². The highest BCUT2D eigenvalue weighted by molar-refractivity contribution is 5.50. The minimum absolute atomic E-state index is 0.0394. The number of nitrogens with zero attached hydrogens (tertiary/aromatic N) is 3. The van der Waals surface area contributed by atoms with Crippen LogP contribution in [0.4, 0.5) is 11.6 Å². The van der Waals surface area contributed by atoms with Gasteiger partial charge in [0, 0.05) is 25.2 Å². The number of aryl methyl sites for hydroxylation is 1. The molecule has 2 N–H and O–H groups in total. The van der Waals surface area contributed by atoms with Crippen molar-refractivity contribution in [3.8, 4) is 0 Å². The Labute approximate surface area is 113 Å². The van der Waals surface area contributed by atoms with Crippen molar-refractivity contribution in [2.75, 3.05) is 36.5 Å². The molecule has 0 radical (unpaired) electrons. The normalized spacial score (nSPS) is 19.8. The number of aromatic nitrogens is 2. The van der Waals surface area contributed by atoms with E-state index in [1.165, 1.54) is 0 Å². The molecule has 0 saturated carbocycles. The maximum atomic E-state index is 9.19. The fourth-order valence-corrected chi connectivity index (χ4v) is 2.12. The van der Waals surface area contributed by atoms with Gasteiger partial charge < -0.3 is 20.1 Å². The van der Waals surface area contributed by atoms with Crippen molar-refractivity contribution in [3.05, 3.63) is 11.9 Å². The second-order valence-electron chi connectivity index (χ2n) is 5.08. The number of rotatable bonds is 4. The van der Waals surface area contributed by atoms with Crippen LogP contribution in [0.5, 0.6) is 0 Å². The predicted octanol–water partition coefficient (Wildman–Crippen LogP) is 0.803. The van der Waals surface area contributed by atoms with Crippen molar-refractivity contribution >= 4 is 11.6 Å². The SMILES string of the molecule is Cc1nc(NC(C)C)cc(N2CCOC(CO)C2)n1. The smallest absolute Gasteiger partial charge is 0.134 e.